The van der Waals surface area contributed by atoms with Gasteiger partial charge in [0.2, 0.25) is 5.95 Å². The fraction of sp³-hybridized carbons (Fsp3) is 0.100. The Hall–Kier alpha value is -2.97. The van der Waals surface area contributed by atoms with E-state index in [1.807, 2.05) is 0 Å². The Bertz CT molecular complexity index is 665. The summed E-state index contributed by atoms with van der Waals surface area (Å²) in [6.07, 6.45) is 7.66. The third-order valence-electron chi connectivity index (χ3n) is 2.26. The van der Waals surface area contributed by atoms with Crippen molar-refractivity contribution in [1.29, 1.82) is 0 Å². The molecule has 0 unspecified atom stereocenters. The van der Waals surface area contributed by atoms with E-state index in [9.17, 15) is 0 Å². The molecule has 3 aromatic heterocycles. The Kier molecular flexibility index (Phi) is 2.77. The molecular formula is C10H9N9. The molecule has 9 nitrogen and oxygen atoms in total. The van der Waals surface area contributed by atoms with Gasteiger partial charge in [-0.15, -0.1) is 0 Å². The molecule has 0 spiro atoms. The molecular weight excluding hydrogens is 246 g/mol. The van der Waals surface area contributed by atoms with Crippen LogP contribution in [-0.4, -0.2) is 46.7 Å². The maximum atomic E-state index is 4.29. The highest BCUT2D eigenvalue weighted by molar-refractivity contribution is 5.50. The quantitative estimate of drug-likeness (QED) is 0.694. The van der Waals surface area contributed by atoms with E-state index in [1.54, 1.807) is 25.6 Å². The van der Waals surface area contributed by atoms with Crippen LogP contribution < -0.4 is 5.32 Å². The largest absolute Gasteiger partial charge is 0.357 e. The number of nitrogens with zero attached hydrogens (tertiary/aromatic N) is 8. The van der Waals surface area contributed by atoms with Crippen molar-refractivity contribution in [3.05, 3.63) is 31.2 Å². The first-order chi connectivity index (χ1) is 9.36. The summed E-state index contributed by atoms with van der Waals surface area (Å²) in [6, 6.07) is 0. The molecule has 3 aromatic rings. The van der Waals surface area contributed by atoms with E-state index >= 15 is 0 Å². The monoisotopic (exact) mass is 255 g/mol. The van der Waals surface area contributed by atoms with E-state index in [0.29, 0.717) is 23.4 Å². The van der Waals surface area contributed by atoms with E-state index in [-0.39, 0.29) is 0 Å². The van der Waals surface area contributed by atoms with Gasteiger partial charge in [-0.1, -0.05) is 0 Å². The van der Waals surface area contributed by atoms with E-state index in [0.717, 1.165) is 0 Å². The normalized spacial score (nSPS) is 10.4. The Balaban J connectivity index is 2.13. The topological polar surface area (TPSA) is 107 Å². The van der Waals surface area contributed by atoms with E-state index < -0.39 is 0 Å². The second-order valence-corrected chi connectivity index (χ2v) is 3.46. The SMILES string of the molecule is CNc1nc(-c2cnccn2)nc(-n2cncn2)n1. The first-order valence-electron chi connectivity index (χ1n) is 5.42. The van der Waals surface area contributed by atoms with E-state index in [4.69, 9.17) is 0 Å². The Morgan fingerprint density at radius 2 is 2.05 bits per heavy atom. The Morgan fingerprint density at radius 3 is 2.74 bits per heavy atom. The highest BCUT2D eigenvalue weighted by Crippen LogP contribution is 2.13. The third kappa shape index (κ3) is 2.20. The summed E-state index contributed by atoms with van der Waals surface area (Å²) in [6.45, 7) is 0. The van der Waals surface area contributed by atoms with Gasteiger partial charge < -0.3 is 5.32 Å². The van der Waals surface area contributed by atoms with Crippen molar-refractivity contribution < 1.29 is 0 Å². The highest BCUT2D eigenvalue weighted by atomic mass is 15.4. The molecule has 0 amide bonds. The number of rotatable bonds is 3. The van der Waals surface area contributed by atoms with E-state index in [1.165, 1.54) is 17.3 Å². The lowest BCUT2D eigenvalue weighted by atomic mass is 10.4. The molecule has 1 N–H and O–H groups in total. The maximum Gasteiger partial charge on any atom is 0.257 e. The maximum absolute atomic E-state index is 4.29. The van der Waals surface area contributed by atoms with Crippen molar-refractivity contribution in [2.75, 3.05) is 12.4 Å². The molecule has 19 heavy (non-hydrogen) atoms. The molecule has 9 heteroatoms. The van der Waals surface area contributed by atoms with Gasteiger partial charge in [0.25, 0.3) is 5.95 Å². The lowest BCUT2D eigenvalue weighted by Gasteiger charge is -2.05. The minimum absolute atomic E-state index is 0.359. The van der Waals surface area contributed by atoms with Gasteiger partial charge >= 0.3 is 0 Å². The van der Waals surface area contributed by atoms with Crippen molar-refractivity contribution in [2.45, 2.75) is 0 Å². The fourth-order valence-electron chi connectivity index (χ4n) is 1.42. The van der Waals surface area contributed by atoms with Crippen molar-refractivity contribution in [3.63, 3.8) is 0 Å². The van der Waals surface area contributed by atoms with Crippen molar-refractivity contribution in [1.82, 2.24) is 39.7 Å². The molecule has 3 heterocycles. The first kappa shape index (κ1) is 11.1. The minimum Gasteiger partial charge on any atom is -0.357 e. The standard InChI is InChI=1S/C10H9N9/c1-11-9-16-8(7-4-12-2-3-14-7)17-10(18-9)19-6-13-5-15-19/h2-6H,1H3,(H,11,16,17,18). The summed E-state index contributed by atoms with van der Waals surface area (Å²) in [4.78, 5) is 24.7. The molecule has 94 valence electrons. The summed E-state index contributed by atoms with van der Waals surface area (Å²) in [7, 11) is 1.72. The zero-order chi connectivity index (χ0) is 13.1. The van der Waals surface area contributed by atoms with Gasteiger partial charge in [0.05, 0.1) is 6.20 Å². The molecule has 0 bridgehead atoms. The smallest absolute Gasteiger partial charge is 0.257 e. The predicted molar refractivity (Wildman–Crippen MR) is 65.3 cm³/mol. The second kappa shape index (κ2) is 4.72. The van der Waals surface area contributed by atoms with Crippen LogP contribution in [0.4, 0.5) is 5.95 Å². The molecule has 0 saturated heterocycles. The van der Waals surface area contributed by atoms with Crippen molar-refractivity contribution in [3.8, 4) is 17.5 Å². The van der Waals surface area contributed by atoms with Gasteiger partial charge in [0.1, 0.15) is 18.3 Å². The van der Waals surface area contributed by atoms with Crippen molar-refractivity contribution in [2.24, 2.45) is 0 Å². The summed E-state index contributed by atoms with van der Waals surface area (Å²) in [5.41, 5.74) is 0.558. The molecule has 0 radical (unpaired) electrons. The fourth-order valence-corrected chi connectivity index (χ4v) is 1.42. The number of hydrogen-bond acceptors (Lipinski definition) is 8. The van der Waals surface area contributed by atoms with Gasteiger partial charge in [0, 0.05) is 19.4 Å². The van der Waals surface area contributed by atoms with Crippen LogP contribution in [0, 0.1) is 0 Å². The van der Waals surface area contributed by atoms with Crippen LogP contribution in [0.5, 0.6) is 0 Å². The molecule has 0 aliphatic carbocycles. The summed E-state index contributed by atoms with van der Waals surface area (Å²) < 4.78 is 1.45. The average Bonchev–Trinajstić information content (AvgIpc) is 3.02. The lowest BCUT2D eigenvalue weighted by Crippen LogP contribution is -2.08. The molecule has 0 saturated carbocycles. The van der Waals surface area contributed by atoms with Gasteiger partial charge in [-0.25, -0.2) is 9.97 Å². The van der Waals surface area contributed by atoms with Crippen LogP contribution in [0.2, 0.25) is 0 Å². The van der Waals surface area contributed by atoms with Crippen LogP contribution in [0.25, 0.3) is 17.5 Å². The van der Waals surface area contributed by atoms with Crippen LogP contribution in [-0.2, 0) is 0 Å². The Morgan fingerprint density at radius 1 is 1.11 bits per heavy atom. The van der Waals surface area contributed by atoms with Crippen LogP contribution in [0.1, 0.15) is 0 Å². The van der Waals surface area contributed by atoms with E-state index in [2.05, 4.69) is 40.3 Å². The molecule has 0 aliphatic heterocycles. The average molecular weight is 255 g/mol. The zero-order valence-corrected chi connectivity index (χ0v) is 9.96. The molecule has 3 rings (SSSR count). The lowest BCUT2D eigenvalue weighted by molar-refractivity contribution is 0.797. The summed E-state index contributed by atoms with van der Waals surface area (Å²) >= 11 is 0. The number of aromatic nitrogens is 8. The molecule has 0 fully saturated rings. The van der Waals surface area contributed by atoms with Crippen LogP contribution >= 0.6 is 0 Å². The second-order valence-electron chi connectivity index (χ2n) is 3.46. The molecule has 0 atom stereocenters. The van der Waals surface area contributed by atoms with Crippen LogP contribution in [0.3, 0.4) is 0 Å². The van der Waals surface area contributed by atoms with Gasteiger partial charge in [0.15, 0.2) is 5.82 Å². The van der Waals surface area contributed by atoms with Crippen molar-refractivity contribution >= 4 is 5.95 Å². The van der Waals surface area contributed by atoms with Crippen LogP contribution in [0.15, 0.2) is 31.2 Å². The van der Waals surface area contributed by atoms with Gasteiger partial charge in [-0.3, -0.25) is 4.98 Å². The van der Waals surface area contributed by atoms with Gasteiger partial charge in [-0.05, 0) is 0 Å². The zero-order valence-electron chi connectivity index (χ0n) is 9.96. The first-order valence-corrected chi connectivity index (χ1v) is 5.42. The third-order valence-corrected chi connectivity index (χ3v) is 2.26. The van der Waals surface area contributed by atoms with Gasteiger partial charge in [-0.2, -0.15) is 24.7 Å². The number of nitrogens with one attached hydrogen (secondary N) is 1. The summed E-state index contributed by atoms with van der Waals surface area (Å²) in [5, 5.41) is 6.85. The number of anilines is 1. The molecule has 0 aromatic carbocycles. The summed E-state index contributed by atoms with van der Waals surface area (Å²) in [5.74, 6) is 1.19. The predicted octanol–water partition coefficient (Wildman–Crippen LogP) is -0.0490. The number of hydrogen-bond donors (Lipinski definition) is 1. The Labute approximate surface area is 107 Å². The molecule has 0 aliphatic rings. The minimum atomic E-state index is 0.359. The highest BCUT2D eigenvalue weighted by Gasteiger charge is 2.10.